The molecule has 0 bridgehead atoms. The molecule has 0 spiro atoms. The van der Waals surface area contributed by atoms with Crippen molar-refractivity contribution >= 4 is 9.84 Å². The minimum absolute atomic E-state index is 0.247. The van der Waals surface area contributed by atoms with Crippen LogP contribution in [0.2, 0.25) is 0 Å². The van der Waals surface area contributed by atoms with Crippen molar-refractivity contribution in [3.05, 3.63) is 65.5 Å². The van der Waals surface area contributed by atoms with E-state index in [0.717, 1.165) is 36.9 Å². The summed E-state index contributed by atoms with van der Waals surface area (Å²) in [6.07, 6.45) is 2.79. The molecule has 26 heavy (non-hydrogen) atoms. The van der Waals surface area contributed by atoms with Gasteiger partial charge in [0.25, 0.3) is 0 Å². The summed E-state index contributed by atoms with van der Waals surface area (Å²) in [5, 5.41) is 0. The molecule has 0 radical (unpaired) electrons. The Labute approximate surface area is 151 Å². The van der Waals surface area contributed by atoms with Crippen molar-refractivity contribution in [3.63, 3.8) is 0 Å². The highest BCUT2D eigenvalue weighted by atomic mass is 32.2. The van der Waals surface area contributed by atoms with Gasteiger partial charge in [-0.15, -0.1) is 0 Å². The second kappa shape index (κ2) is 7.80. The highest BCUT2D eigenvalue weighted by Crippen LogP contribution is 2.25. The lowest BCUT2D eigenvalue weighted by Crippen LogP contribution is -2.30. The van der Waals surface area contributed by atoms with Crippen molar-refractivity contribution < 1.29 is 21.6 Å². The molecule has 0 amide bonds. The van der Waals surface area contributed by atoms with Crippen LogP contribution in [-0.2, 0) is 22.8 Å². The van der Waals surface area contributed by atoms with Crippen LogP contribution in [0.15, 0.2) is 53.4 Å². The average molecular weight is 383 g/mol. The van der Waals surface area contributed by atoms with Crippen LogP contribution in [0.4, 0.5) is 13.2 Å². The van der Waals surface area contributed by atoms with Gasteiger partial charge in [0.1, 0.15) is 5.82 Å². The number of sulfone groups is 1. The maximum absolute atomic E-state index is 13.4. The summed E-state index contributed by atoms with van der Waals surface area (Å²) in [6.45, 7) is 1.51. The first-order chi connectivity index (χ1) is 12.4. The zero-order valence-corrected chi connectivity index (χ0v) is 14.9. The molecule has 3 rings (SSSR count). The third-order valence-corrected chi connectivity index (χ3v) is 6.13. The number of nitrogens with zero attached hydrogens (tertiary/aromatic N) is 1. The molecular formula is C19H20F3NO2S. The molecule has 1 aliphatic heterocycles. The Bertz CT molecular complexity index is 853. The lowest BCUT2D eigenvalue weighted by Gasteiger charge is -2.24. The van der Waals surface area contributed by atoms with E-state index in [1.165, 1.54) is 18.2 Å². The molecule has 0 aromatic heterocycles. The van der Waals surface area contributed by atoms with E-state index in [1.54, 1.807) is 24.3 Å². The first-order valence-corrected chi connectivity index (χ1v) is 10.0. The van der Waals surface area contributed by atoms with Gasteiger partial charge < -0.3 is 0 Å². The number of hydrogen-bond donors (Lipinski definition) is 0. The Morgan fingerprint density at radius 2 is 1.81 bits per heavy atom. The third-order valence-electron chi connectivity index (χ3n) is 4.73. The van der Waals surface area contributed by atoms with Gasteiger partial charge in [0.15, 0.2) is 0 Å². The normalized spacial score (nSPS) is 18.5. The monoisotopic (exact) mass is 383 g/mol. The number of hydrogen-bond acceptors (Lipinski definition) is 3. The van der Waals surface area contributed by atoms with Crippen molar-refractivity contribution in [1.29, 1.82) is 0 Å². The van der Waals surface area contributed by atoms with E-state index in [4.69, 9.17) is 0 Å². The lowest BCUT2D eigenvalue weighted by atomic mass is 10.0. The highest BCUT2D eigenvalue weighted by molar-refractivity contribution is 7.91. The predicted molar refractivity (Wildman–Crippen MR) is 93.2 cm³/mol. The summed E-state index contributed by atoms with van der Waals surface area (Å²) in [7, 11) is -4.56. The molecule has 0 saturated carbocycles. The molecule has 3 nitrogen and oxygen atoms in total. The summed E-state index contributed by atoms with van der Waals surface area (Å²) in [6, 6.07) is 12.5. The van der Waals surface area contributed by atoms with Gasteiger partial charge in [0.2, 0.25) is 9.84 Å². The Balaban J connectivity index is 1.68. The standard InChI is InChI=1S/C19H20F3NO2S/c20-16-4-1-3-15(11-16)12-17-5-2-10-23(17)13-14-6-8-18(9-7-14)26(24,25)19(21)22/h1,3-4,6-9,11,17,19H,2,5,10,12-13H2. The van der Waals surface area contributed by atoms with Gasteiger partial charge in [-0.1, -0.05) is 24.3 Å². The number of halogens is 3. The Morgan fingerprint density at radius 1 is 1.08 bits per heavy atom. The first kappa shape index (κ1) is 18.9. The molecule has 1 aliphatic rings. The van der Waals surface area contributed by atoms with E-state index in [0.29, 0.717) is 6.54 Å². The van der Waals surface area contributed by atoms with Crippen molar-refractivity contribution in [2.75, 3.05) is 6.54 Å². The molecule has 1 fully saturated rings. The van der Waals surface area contributed by atoms with Crippen LogP contribution >= 0.6 is 0 Å². The molecule has 1 unspecified atom stereocenters. The van der Waals surface area contributed by atoms with Gasteiger partial charge in [-0.05, 0) is 61.2 Å². The minimum Gasteiger partial charge on any atom is -0.296 e. The van der Waals surface area contributed by atoms with E-state index in [1.807, 2.05) is 6.07 Å². The van der Waals surface area contributed by atoms with Crippen molar-refractivity contribution in [2.24, 2.45) is 0 Å². The van der Waals surface area contributed by atoms with Crippen LogP contribution in [0.1, 0.15) is 24.0 Å². The largest absolute Gasteiger partial charge is 0.341 e. The van der Waals surface area contributed by atoms with Crippen LogP contribution in [-0.4, -0.2) is 31.7 Å². The van der Waals surface area contributed by atoms with Crippen molar-refractivity contribution in [2.45, 2.75) is 42.5 Å². The number of likely N-dealkylation sites (tertiary alicyclic amines) is 1. The van der Waals surface area contributed by atoms with Crippen LogP contribution in [0.3, 0.4) is 0 Å². The van der Waals surface area contributed by atoms with E-state index in [2.05, 4.69) is 4.90 Å². The zero-order chi connectivity index (χ0) is 18.7. The van der Waals surface area contributed by atoms with Gasteiger partial charge in [-0.2, -0.15) is 8.78 Å². The van der Waals surface area contributed by atoms with E-state index in [9.17, 15) is 21.6 Å². The number of rotatable bonds is 6. The topological polar surface area (TPSA) is 37.4 Å². The lowest BCUT2D eigenvalue weighted by molar-refractivity contribution is 0.234. The van der Waals surface area contributed by atoms with E-state index < -0.39 is 15.6 Å². The molecule has 2 aromatic rings. The average Bonchev–Trinajstić information content (AvgIpc) is 3.02. The fraction of sp³-hybridized carbons (Fsp3) is 0.368. The van der Waals surface area contributed by atoms with Gasteiger partial charge >= 0.3 is 5.76 Å². The molecule has 0 aliphatic carbocycles. The van der Waals surface area contributed by atoms with Crippen LogP contribution < -0.4 is 0 Å². The summed E-state index contributed by atoms with van der Waals surface area (Å²) in [4.78, 5) is 1.90. The molecule has 7 heteroatoms. The molecule has 140 valence electrons. The number of alkyl halides is 2. The van der Waals surface area contributed by atoms with Crippen molar-refractivity contribution in [3.8, 4) is 0 Å². The zero-order valence-electron chi connectivity index (χ0n) is 14.1. The van der Waals surface area contributed by atoms with Crippen molar-refractivity contribution in [1.82, 2.24) is 4.90 Å². The Kier molecular flexibility index (Phi) is 5.67. The smallest absolute Gasteiger partial charge is 0.296 e. The summed E-state index contributed by atoms with van der Waals surface area (Å²) in [5.74, 6) is -3.66. The maximum Gasteiger partial charge on any atom is 0.341 e. The van der Waals surface area contributed by atoms with Gasteiger partial charge in [-0.3, -0.25) is 4.90 Å². The second-order valence-corrected chi connectivity index (χ2v) is 8.47. The fourth-order valence-electron chi connectivity index (χ4n) is 3.39. The molecule has 0 N–H and O–H groups in total. The highest BCUT2D eigenvalue weighted by Gasteiger charge is 2.27. The Hall–Kier alpha value is -1.86. The SMILES string of the molecule is O=S(=O)(c1ccc(CN2CCCC2Cc2cccc(F)c2)cc1)C(F)F. The summed E-state index contributed by atoms with van der Waals surface area (Å²) in [5.41, 5.74) is 1.81. The molecule has 1 saturated heterocycles. The van der Waals surface area contributed by atoms with Gasteiger partial charge in [0.05, 0.1) is 4.90 Å². The number of benzene rings is 2. The second-order valence-electron chi connectivity index (χ2n) is 6.55. The first-order valence-electron chi connectivity index (χ1n) is 8.46. The minimum atomic E-state index is -4.56. The predicted octanol–water partition coefficient (Wildman–Crippen LogP) is 4.03. The molecule has 1 heterocycles. The summed E-state index contributed by atoms with van der Waals surface area (Å²) < 4.78 is 61.5. The Morgan fingerprint density at radius 3 is 2.46 bits per heavy atom. The summed E-state index contributed by atoms with van der Waals surface area (Å²) >= 11 is 0. The van der Waals surface area contributed by atoms with Crippen LogP contribution in [0, 0.1) is 5.82 Å². The van der Waals surface area contributed by atoms with Crippen LogP contribution in [0.25, 0.3) is 0 Å². The molecule has 2 aromatic carbocycles. The molecule has 1 atom stereocenters. The fourth-order valence-corrected chi connectivity index (χ4v) is 4.11. The van der Waals surface area contributed by atoms with Crippen LogP contribution in [0.5, 0.6) is 0 Å². The molecular weight excluding hydrogens is 363 g/mol. The third kappa shape index (κ3) is 4.27. The van der Waals surface area contributed by atoms with Gasteiger partial charge in [-0.25, -0.2) is 12.8 Å². The van der Waals surface area contributed by atoms with E-state index >= 15 is 0 Å². The quantitative estimate of drug-likeness (QED) is 0.756. The van der Waals surface area contributed by atoms with Gasteiger partial charge in [0, 0.05) is 12.6 Å². The van der Waals surface area contributed by atoms with E-state index in [-0.39, 0.29) is 16.8 Å². The maximum atomic E-state index is 13.4.